The molecule has 152 valence electrons. The van der Waals surface area contributed by atoms with E-state index in [-0.39, 0.29) is 11.0 Å². The number of thioether (sulfide) groups is 1. The average Bonchev–Trinajstić information content (AvgIpc) is 2.54. The van der Waals surface area contributed by atoms with Gasteiger partial charge in [-0.25, -0.2) is 0 Å². The Balaban J connectivity index is 2.38. The van der Waals surface area contributed by atoms with Crippen molar-refractivity contribution in [2.75, 3.05) is 0 Å². The predicted molar refractivity (Wildman–Crippen MR) is 110 cm³/mol. The van der Waals surface area contributed by atoms with Gasteiger partial charge in [-0.05, 0) is 37.2 Å². The third kappa shape index (κ3) is 5.57. The van der Waals surface area contributed by atoms with Crippen molar-refractivity contribution in [1.82, 2.24) is 0 Å². The van der Waals surface area contributed by atoms with Crippen molar-refractivity contribution in [1.29, 1.82) is 0 Å². The van der Waals surface area contributed by atoms with Gasteiger partial charge < -0.3 is 19.0 Å². The maximum atomic E-state index is 11.7. The van der Waals surface area contributed by atoms with Crippen LogP contribution in [-0.2, 0) is 18.7 Å². The van der Waals surface area contributed by atoms with Gasteiger partial charge >= 0.3 is 5.97 Å². The van der Waals surface area contributed by atoms with E-state index in [1.54, 1.807) is 0 Å². The summed E-state index contributed by atoms with van der Waals surface area (Å²) < 4.78 is 18.0. The fourth-order valence-corrected chi connectivity index (χ4v) is 5.35. The smallest absolute Gasteiger partial charge is 0.303 e. The number of rotatable bonds is 5. The van der Waals surface area contributed by atoms with Crippen molar-refractivity contribution in [2.24, 2.45) is 0 Å². The van der Waals surface area contributed by atoms with E-state index in [1.165, 1.54) is 18.7 Å². The normalized spacial score (nSPS) is 29.4. The zero-order valence-electron chi connectivity index (χ0n) is 17.3. The molecule has 1 aliphatic heterocycles. The molecule has 0 aliphatic carbocycles. The number of aliphatic hydroxyl groups is 1. The fraction of sp³-hybridized carbons (Fsp3) is 0.650. The number of aliphatic hydroxyl groups excluding tert-OH is 1. The van der Waals surface area contributed by atoms with Crippen molar-refractivity contribution in [3.05, 3.63) is 30.3 Å². The molecule has 0 unspecified atom stereocenters. The number of benzene rings is 1. The van der Waals surface area contributed by atoms with Crippen molar-refractivity contribution in [3.63, 3.8) is 0 Å². The average molecular weight is 413 g/mol. The first-order chi connectivity index (χ1) is 12.4. The Morgan fingerprint density at radius 1 is 1.19 bits per heavy atom. The van der Waals surface area contributed by atoms with Gasteiger partial charge in [0.25, 0.3) is 0 Å². The van der Waals surface area contributed by atoms with E-state index in [0.29, 0.717) is 0 Å². The lowest BCUT2D eigenvalue weighted by Crippen LogP contribution is -2.61. The van der Waals surface area contributed by atoms with E-state index in [4.69, 9.17) is 13.9 Å². The lowest BCUT2D eigenvalue weighted by Gasteiger charge is -2.48. The molecule has 1 fully saturated rings. The molecule has 0 spiro atoms. The van der Waals surface area contributed by atoms with Crippen LogP contribution in [0.5, 0.6) is 0 Å². The molecule has 1 N–H and O–H groups in total. The fourth-order valence-electron chi connectivity index (χ4n) is 2.78. The molecule has 5 atom stereocenters. The second kappa shape index (κ2) is 8.65. The monoisotopic (exact) mass is 412 g/mol. The minimum Gasteiger partial charge on any atom is -0.457 e. The van der Waals surface area contributed by atoms with Crippen LogP contribution < -0.4 is 0 Å². The molecule has 5 nitrogen and oxygen atoms in total. The first-order valence-electron chi connectivity index (χ1n) is 9.32. The molecule has 0 amide bonds. The molecule has 1 aromatic rings. The van der Waals surface area contributed by atoms with Crippen LogP contribution in [0, 0.1) is 0 Å². The van der Waals surface area contributed by atoms with E-state index in [2.05, 4.69) is 33.9 Å². The quantitative estimate of drug-likeness (QED) is 0.577. The second-order valence-electron chi connectivity index (χ2n) is 8.54. The molecule has 0 radical (unpaired) electrons. The molecule has 27 heavy (non-hydrogen) atoms. The molecular weight excluding hydrogens is 380 g/mol. The van der Waals surface area contributed by atoms with E-state index in [1.807, 2.05) is 37.3 Å². The minimum absolute atomic E-state index is 0.0117. The van der Waals surface area contributed by atoms with E-state index < -0.39 is 38.2 Å². The SMILES string of the molecule is CC(=O)O[C@H]1[C@H](O[Si](C)(C)C(C)(C)C)[C@@H](Sc2ccccc2)[C@@H](O)O[C@@H]1C. The molecule has 7 heteroatoms. The maximum absolute atomic E-state index is 11.7. The minimum atomic E-state index is -2.17. The van der Waals surface area contributed by atoms with Gasteiger partial charge in [0, 0.05) is 11.8 Å². The summed E-state index contributed by atoms with van der Waals surface area (Å²) in [6, 6.07) is 9.83. The summed E-state index contributed by atoms with van der Waals surface area (Å²) in [5.74, 6) is -0.376. The van der Waals surface area contributed by atoms with E-state index in [9.17, 15) is 9.90 Å². The van der Waals surface area contributed by atoms with Gasteiger partial charge in [0.1, 0.15) is 6.10 Å². The number of carbonyl (C=O) groups is 1. The standard InChI is InChI=1S/C20H32O5SSi/c1-13-16(24-14(2)21)17(25-27(6,7)20(3,4)5)18(19(22)23-13)26-15-11-9-8-10-12-15/h8-13,16-19,22H,1-7H3/t13-,16-,17+,18-,19+/m1/s1. The maximum Gasteiger partial charge on any atom is 0.303 e. The van der Waals surface area contributed by atoms with Gasteiger partial charge in [0.2, 0.25) is 0 Å². The van der Waals surface area contributed by atoms with Crippen molar-refractivity contribution in [2.45, 2.75) is 87.5 Å². The summed E-state index contributed by atoms with van der Waals surface area (Å²) >= 11 is 1.50. The van der Waals surface area contributed by atoms with Crippen LogP contribution in [-0.4, -0.2) is 49.2 Å². The van der Waals surface area contributed by atoms with Gasteiger partial charge in [0.05, 0.1) is 11.4 Å². The summed E-state index contributed by atoms with van der Waals surface area (Å²) in [5.41, 5.74) is 0. The Labute approximate surface area is 167 Å². The van der Waals surface area contributed by atoms with Crippen molar-refractivity contribution < 1.29 is 23.8 Å². The van der Waals surface area contributed by atoms with Crippen molar-refractivity contribution in [3.8, 4) is 0 Å². The first-order valence-corrected chi connectivity index (χ1v) is 13.1. The van der Waals surface area contributed by atoms with Crippen LogP contribution in [0.25, 0.3) is 0 Å². The zero-order chi connectivity index (χ0) is 20.4. The lowest BCUT2D eigenvalue weighted by atomic mass is 10.0. The Morgan fingerprint density at radius 2 is 1.78 bits per heavy atom. The molecule has 0 bridgehead atoms. The number of ether oxygens (including phenoxy) is 2. The molecule has 1 saturated heterocycles. The molecule has 2 rings (SSSR count). The third-order valence-electron chi connectivity index (χ3n) is 5.30. The van der Waals surface area contributed by atoms with Crippen LogP contribution in [0.4, 0.5) is 0 Å². The summed E-state index contributed by atoms with van der Waals surface area (Å²) in [5, 5.41) is 10.3. The molecule has 1 heterocycles. The van der Waals surface area contributed by atoms with Gasteiger partial charge in [-0.3, -0.25) is 4.79 Å². The number of hydrogen-bond donors (Lipinski definition) is 1. The Bertz CT molecular complexity index is 631. The molecule has 0 saturated carbocycles. The molecule has 1 aromatic carbocycles. The van der Waals surface area contributed by atoms with Crippen LogP contribution in [0.3, 0.4) is 0 Å². The first kappa shape index (κ1) is 22.4. The highest BCUT2D eigenvalue weighted by Crippen LogP contribution is 2.43. The highest BCUT2D eigenvalue weighted by atomic mass is 32.2. The van der Waals surface area contributed by atoms with Crippen LogP contribution in [0.1, 0.15) is 34.6 Å². The number of carbonyl (C=O) groups excluding carboxylic acids is 1. The van der Waals surface area contributed by atoms with Gasteiger partial charge in [-0.15, -0.1) is 11.8 Å². The van der Waals surface area contributed by atoms with Gasteiger partial charge in [-0.1, -0.05) is 39.0 Å². The topological polar surface area (TPSA) is 65.0 Å². The lowest BCUT2D eigenvalue weighted by molar-refractivity contribution is -0.228. The summed E-state index contributed by atoms with van der Waals surface area (Å²) in [7, 11) is -2.17. The van der Waals surface area contributed by atoms with Gasteiger partial charge in [0.15, 0.2) is 20.7 Å². The second-order valence-corrected chi connectivity index (χ2v) is 14.6. The number of hydrogen-bond acceptors (Lipinski definition) is 6. The van der Waals surface area contributed by atoms with E-state index in [0.717, 1.165) is 4.90 Å². The zero-order valence-corrected chi connectivity index (χ0v) is 19.1. The summed E-state index contributed by atoms with van der Waals surface area (Å²) in [6.45, 7) is 14.0. The Morgan fingerprint density at radius 3 is 2.30 bits per heavy atom. The highest BCUT2D eigenvalue weighted by Gasteiger charge is 2.51. The number of esters is 1. The summed E-state index contributed by atoms with van der Waals surface area (Å²) in [4.78, 5) is 12.7. The molecular formula is C20H32O5SSi. The third-order valence-corrected chi connectivity index (χ3v) is 11.1. The Hall–Kier alpha value is -0.863. The predicted octanol–water partition coefficient (Wildman–Crippen LogP) is 4.21. The van der Waals surface area contributed by atoms with Crippen LogP contribution >= 0.6 is 11.8 Å². The van der Waals surface area contributed by atoms with Gasteiger partial charge in [-0.2, -0.15) is 0 Å². The highest BCUT2D eigenvalue weighted by molar-refractivity contribution is 8.00. The summed E-state index contributed by atoms with van der Waals surface area (Å²) in [6.07, 6.45) is -2.49. The molecule has 1 aliphatic rings. The Kier molecular flexibility index (Phi) is 7.19. The van der Waals surface area contributed by atoms with E-state index >= 15 is 0 Å². The van der Waals surface area contributed by atoms with Crippen LogP contribution in [0.15, 0.2) is 35.2 Å². The van der Waals surface area contributed by atoms with Crippen LogP contribution in [0.2, 0.25) is 18.1 Å². The largest absolute Gasteiger partial charge is 0.457 e. The molecule has 0 aromatic heterocycles. The van der Waals surface area contributed by atoms with Crippen molar-refractivity contribution >= 4 is 26.0 Å².